The topological polar surface area (TPSA) is 32.3 Å². The molecule has 0 aliphatic carbocycles. The maximum atomic E-state index is 12.6. The summed E-state index contributed by atoms with van der Waals surface area (Å²) >= 11 is 3.19. The summed E-state index contributed by atoms with van der Waals surface area (Å²) < 4.78 is 13.2. The fraction of sp³-hybridized carbons (Fsp3) is 0.250. The number of nitrogens with one attached hydrogen (secondary N) is 1. The minimum absolute atomic E-state index is 0.0593. The maximum Gasteiger partial charge on any atom is 0.124 e. The lowest BCUT2D eigenvalue weighted by Crippen LogP contribution is -2.05. The summed E-state index contributed by atoms with van der Waals surface area (Å²) in [5.41, 5.74) is 0.783. The Morgan fingerprint density at radius 2 is 2.25 bits per heavy atom. The highest BCUT2D eigenvalue weighted by atomic mass is 79.9. The zero-order valence-electron chi connectivity index (χ0n) is 6.35. The molecule has 0 saturated heterocycles. The van der Waals surface area contributed by atoms with Gasteiger partial charge in [-0.15, -0.1) is 0 Å². The highest BCUT2D eigenvalue weighted by Gasteiger charge is 1.99. The van der Waals surface area contributed by atoms with Crippen LogP contribution in [0.5, 0.6) is 0 Å². The second kappa shape index (κ2) is 4.42. The van der Waals surface area contributed by atoms with E-state index in [1.807, 2.05) is 0 Å². The van der Waals surface area contributed by atoms with Gasteiger partial charge in [0, 0.05) is 16.7 Å². The summed E-state index contributed by atoms with van der Waals surface area (Å²) in [5.74, 6) is -0.281. The molecule has 0 amide bonds. The number of hydrogen-bond acceptors (Lipinski definition) is 2. The number of aliphatic hydroxyl groups is 1. The van der Waals surface area contributed by atoms with Gasteiger partial charge in [-0.2, -0.15) is 0 Å². The van der Waals surface area contributed by atoms with Crippen LogP contribution >= 0.6 is 15.9 Å². The summed E-state index contributed by atoms with van der Waals surface area (Å²) in [4.78, 5) is 0. The van der Waals surface area contributed by atoms with Gasteiger partial charge in [0.15, 0.2) is 0 Å². The number of halogens is 2. The van der Waals surface area contributed by atoms with Gasteiger partial charge in [0.2, 0.25) is 0 Å². The standard InChI is InChI=1S/C8H9BrFNO/c9-7-5-6(10)1-2-8(7)11-3-4-12/h1-2,5,11-12H,3-4H2. The molecule has 1 rings (SSSR count). The minimum Gasteiger partial charge on any atom is -0.395 e. The largest absolute Gasteiger partial charge is 0.395 e. The lowest BCUT2D eigenvalue weighted by Gasteiger charge is -2.05. The van der Waals surface area contributed by atoms with E-state index in [2.05, 4.69) is 21.2 Å². The van der Waals surface area contributed by atoms with Gasteiger partial charge in [-0.25, -0.2) is 4.39 Å². The fourth-order valence-corrected chi connectivity index (χ4v) is 1.31. The molecule has 0 aromatic heterocycles. The molecule has 0 aliphatic rings. The van der Waals surface area contributed by atoms with Crippen molar-refractivity contribution in [2.45, 2.75) is 0 Å². The van der Waals surface area contributed by atoms with Gasteiger partial charge in [-0.05, 0) is 34.1 Å². The summed E-state index contributed by atoms with van der Waals surface area (Å²) in [6, 6.07) is 4.36. The Morgan fingerprint density at radius 1 is 1.50 bits per heavy atom. The van der Waals surface area contributed by atoms with Gasteiger partial charge in [0.05, 0.1) is 6.61 Å². The Bertz CT molecular complexity index is 267. The highest BCUT2D eigenvalue weighted by molar-refractivity contribution is 9.10. The molecule has 1 aromatic carbocycles. The molecule has 0 radical (unpaired) electrons. The van der Waals surface area contributed by atoms with E-state index in [0.29, 0.717) is 11.0 Å². The van der Waals surface area contributed by atoms with Gasteiger partial charge in [-0.1, -0.05) is 0 Å². The number of benzene rings is 1. The Balaban J connectivity index is 2.72. The molecule has 2 N–H and O–H groups in total. The van der Waals surface area contributed by atoms with E-state index in [1.54, 1.807) is 6.07 Å². The molecule has 2 nitrogen and oxygen atoms in total. The van der Waals surface area contributed by atoms with Crippen LogP contribution in [0, 0.1) is 5.82 Å². The normalized spacial score (nSPS) is 9.92. The third kappa shape index (κ3) is 2.46. The van der Waals surface area contributed by atoms with E-state index in [-0.39, 0.29) is 12.4 Å². The van der Waals surface area contributed by atoms with Gasteiger partial charge in [0.25, 0.3) is 0 Å². The van der Waals surface area contributed by atoms with Gasteiger partial charge >= 0.3 is 0 Å². The first-order valence-corrected chi connectivity index (χ1v) is 4.33. The lowest BCUT2D eigenvalue weighted by molar-refractivity contribution is 0.311. The van der Waals surface area contributed by atoms with E-state index < -0.39 is 0 Å². The first kappa shape index (κ1) is 9.48. The molecule has 0 unspecified atom stereocenters. The van der Waals surface area contributed by atoms with E-state index >= 15 is 0 Å². The Morgan fingerprint density at radius 3 is 2.83 bits per heavy atom. The van der Waals surface area contributed by atoms with Crippen molar-refractivity contribution in [3.05, 3.63) is 28.5 Å². The monoisotopic (exact) mass is 233 g/mol. The molecule has 66 valence electrons. The van der Waals surface area contributed by atoms with E-state index in [4.69, 9.17) is 5.11 Å². The molecule has 0 aliphatic heterocycles. The van der Waals surface area contributed by atoms with Crippen LogP contribution < -0.4 is 5.32 Å². The van der Waals surface area contributed by atoms with Crippen LogP contribution in [-0.4, -0.2) is 18.3 Å². The number of rotatable bonds is 3. The smallest absolute Gasteiger partial charge is 0.124 e. The average Bonchev–Trinajstić information content (AvgIpc) is 2.03. The lowest BCUT2D eigenvalue weighted by atomic mass is 10.3. The molecule has 12 heavy (non-hydrogen) atoms. The second-order valence-electron chi connectivity index (χ2n) is 2.27. The Labute approximate surface area is 78.5 Å². The van der Waals surface area contributed by atoms with Crippen LogP contribution in [0.3, 0.4) is 0 Å². The van der Waals surface area contributed by atoms with Crippen molar-refractivity contribution >= 4 is 21.6 Å². The molecule has 0 fully saturated rings. The van der Waals surface area contributed by atoms with Crippen molar-refractivity contribution in [1.82, 2.24) is 0 Å². The molecular weight excluding hydrogens is 225 g/mol. The molecule has 0 heterocycles. The van der Waals surface area contributed by atoms with Crippen molar-refractivity contribution in [2.75, 3.05) is 18.5 Å². The van der Waals surface area contributed by atoms with Crippen molar-refractivity contribution in [1.29, 1.82) is 0 Å². The van der Waals surface area contributed by atoms with Gasteiger partial charge in [0.1, 0.15) is 5.82 Å². The van der Waals surface area contributed by atoms with E-state index in [0.717, 1.165) is 5.69 Å². The van der Waals surface area contributed by atoms with Crippen molar-refractivity contribution < 1.29 is 9.50 Å². The molecule has 0 saturated carbocycles. The van der Waals surface area contributed by atoms with Crippen molar-refractivity contribution in [2.24, 2.45) is 0 Å². The van der Waals surface area contributed by atoms with Crippen LogP contribution in [0.1, 0.15) is 0 Å². The average molecular weight is 234 g/mol. The maximum absolute atomic E-state index is 12.6. The quantitative estimate of drug-likeness (QED) is 0.838. The molecule has 0 spiro atoms. The van der Waals surface area contributed by atoms with Crippen LogP contribution in [-0.2, 0) is 0 Å². The summed E-state index contributed by atoms with van der Waals surface area (Å²) in [7, 11) is 0. The predicted octanol–water partition coefficient (Wildman–Crippen LogP) is 1.99. The SMILES string of the molecule is OCCNc1ccc(F)cc1Br. The molecule has 1 aromatic rings. The summed E-state index contributed by atoms with van der Waals surface area (Å²) in [6.07, 6.45) is 0. The van der Waals surface area contributed by atoms with Crippen LogP contribution in [0.4, 0.5) is 10.1 Å². The first-order chi connectivity index (χ1) is 5.74. The molecule has 0 bridgehead atoms. The van der Waals surface area contributed by atoms with Crippen LogP contribution in [0.15, 0.2) is 22.7 Å². The zero-order chi connectivity index (χ0) is 8.97. The second-order valence-corrected chi connectivity index (χ2v) is 3.13. The highest BCUT2D eigenvalue weighted by Crippen LogP contribution is 2.22. The fourth-order valence-electron chi connectivity index (χ4n) is 0.823. The van der Waals surface area contributed by atoms with Crippen molar-refractivity contribution in [3.8, 4) is 0 Å². The van der Waals surface area contributed by atoms with Gasteiger partial charge in [-0.3, -0.25) is 0 Å². The predicted molar refractivity (Wildman–Crippen MR) is 49.7 cm³/mol. The first-order valence-electron chi connectivity index (χ1n) is 3.54. The van der Waals surface area contributed by atoms with Crippen molar-refractivity contribution in [3.63, 3.8) is 0 Å². The number of hydrogen-bond donors (Lipinski definition) is 2. The summed E-state index contributed by atoms with van der Waals surface area (Å²) in [6.45, 7) is 0.522. The third-order valence-electron chi connectivity index (χ3n) is 1.36. The Kier molecular flexibility index (Phi) is 3.49. The van der Waals surface area contributed by atoms with Gasteiger partial charge < -0.3 is 10.4 Å². The Hall–Kier alpha value is -0.610. The zero-order valence-corrected chi connectivity index (χ0v) is 7.94. The van der Waals surface area contributed by atoms with Crippen LogP contribution in [0.25, 0.3) is 0 Å². The number of aliphatic hydroxyl groups excluding tert-OH is 1. The third-order valence-corrected chi connectivity index (χ3v) is 2.01. The molecule has 4 heteroatoms. The molecular formula is C8H9BrFNO. The van der Waals surface area contributed by atoms with E-state index in [9.17, 15) is 4.39 Å². The minimum atomic E-state index is -0.281. The summed E-state index contributed by atoms with van der Waals surface area (Å²) in [5, 5.41) is 11.4. The van der Waals surface area contributed by atoms with Crippen LogP contribution in [0.2, 0.25) is 0 Å². The van der Waals surface area contributed by atoms with E-state index in [1.165, 1.54) is 12.1 Å². The molecule has 0 atom stereocenters. The number of anilines is 1.